The van der Waals surface area contributed by atoms with Gasteiger partial charge in [0.1, 0.15) is 0 Å². The molecule has 0 bridgehead atoms. The second-order valence-corrected chi connectivity index (χ2v) is 5.60. The normalized spacial score (nSPS) is 12.5. The number of rotatable bonds is 1. The van der Waals surface area contributed by atoms with E-state index in [-0.39, 0.29) is 17.1 Å². The highest BCUT2D eigenvalue weighted by Crippen LogP contribution is 2.13. The van der Waals surface area contributed by atoms with E-state index in [9.17, 15) is 4.79 Å². The van der Waals surface area contributed by atoms with Crippen molar-refractivity contribution in [1.82, 2.24) is 10.2 Å². The summed E-state index contributed by atoms with van der Waals surface area (Å²) < 4.78 is 0. The summed E-state index contributed by atoms with van der Waals surface area (Å²) in [7, 11) is 0. The summed E-state index contributed by atoms with van der Waals surface area (Å²) >= 11 is 0. The first-order valence-electron chi connectivity index (χ1n) is 5.17. The molecule has 0 aliphatic heterocycles. The van der Waals surface area contributed by atoms with Gasteiger partial charge in [-0.05, 0) is 48.5 Å². The number of carbonyl (C=O) groups is 1. The Morgan fingerprint density at radius 3 is 1.79 bits per heavy atom. The molecular formula is C11H24N2O. The van der Waals surface area contributed by atoms with Gasteiger partial charge in [0.25, 0.3) is 0 Å². The minimum Gasteiger partial charge on any atom is -0.333 e. The van der Waals surface area contributed by atoms with E-state index in [0.717, 1.165) is 6.54 Å². The number of amides is 2. The van der Waals surface area contributed by atoms with Gasteiger partial charge in [-0.15, -0.1) is 0 Å². The number of hydrogen-bond donors (Lipinski definition) is 1. The molecular weight excluding hydrogens is 176 g/mol. The molecule has 0 unspecified atom stereocenters. The highest BCUT2D eigenvalue weighted by Gasteiger charge is 2.26. The van der Waals surface area contributed by atoms with Crippen LogP contribution in [-0.4, -0.2) is 28.6 Å². The number of nitrogens with one attached hydrogen (secondary N) is 1. The fourth-order valence-electron chi connectivity index (χ4n) is 1.31. The number of urea groups is 1. The maximum absolute atomic E-state index is 11.9. The highest BCUT2D eigenvalue weighted by molar-refractivity contribution is 5.75. The Balaban J connectivity index is 4.50. The van der Waals surface area contributed by atoms with Crippen molar-refractivity contribution < 1.29 is 4.79 Å². The molecule has 0 spiro atoms. The molecule has 0 heterocycles. The van der Waals surface area contributed by atoms with E-state index < -0.39 is 0 Å². The summed E-state index contributed by atoms with van der Waals surface area (Å²) in [6.07, 6.45) is 0. The van der Waals surface area contributed by atoms with Crippen LogP contribution in [0.1, 0.15) is 48.5 Å². The lowest BCUT2D eigenvalue weighted by molar-refractivity contribution is 0.143. The summed E-state index contributed by atoms with van der Waals surface area (Å²) in [4.78, 5) is 13.7. The predicted octanol–water partition coefficient (Wildman–Crippen LogP) is 2.61. The van der Waals surface area contributed by atoms with E-state index >= 15 is 0 Å². The SMILES string of the molecule is CCN(C(=O)NC(C)(C)C)C(C)(C)C. The first-order chi connectivity index (χ1) is 6.08. The average molecular weight is 200 g/mol. The highest BCUT2D eigenvalue weighted by atomic mass is 16.2. The van der Waals surface area contributed by atoms with Gasteiger partial charge in [0.15, 0.2) is 0 Å². The van der Waals surface area contributed by atoms with Crippen molar-refractivity contribution in [3.05, 3.63) is 0 Å². The average Bonchev–Trinajstić information content (AvgIpc) is 1.79. The van der Waals surface area contributed by atoms with E-state index in [1.807, 2.05) is 53.4 Å². The Hall–Kier alpha value is -0.730. The zero-order valence-corrected chi connectivity index (χ0v) is 10.6. The summed E-state index contributed by atoms with van der Waals surface area (Å²) in [5.74, 6) is 0. The summed E-state index contributed by atoms with van der Waals surface area (Å²) in [6.45, 7) is 14.8. The molecule has 0 radical (unpaired) electrons. The van der Waals surface area contributed by atoms with Crippen LogP contribution in [0.4, 0.5) is 4.79 Å². The minimum atomic E-state index is -0.171. The third-order valence-electron chi connectivity index (χ3n) is 1.85. The Morgan fingerprint density at radius 2 is 1.57 bits per heavy atom. The summed E-state index contributed by atoms with van der Waals surface area (Å²) in [6, 6.07) is 0.00694. The molecule has 0 aliphatic carbocycles. The molecule has 1 N–H and O–H groups in total. The predicted molar refractivity (Wildman–Crippen MR) is 60.4 cm³/mol. The van der Waals surface area contributed by atoms with Gasteiger partial charge < -0.3 is 10.2 Å². The van der Waals surface area contributed by atoms with Gasteiger partial charge in [-0.3, -0.25) is 0 Å². The van der Waals surface area contributed by atoms with Crippen LogP contribution in [0.5, 0.6) is 0 Å². The van der Waals surface area contributed by atoms with Gasteiger partial charge in [0.2, 0.25) is 0 Å². The van der Waals surface area contributed by atoms with Crippen molar-refractivity contribution in [2.45, 2.75) is 59.5 Å². The standard InChI is InChI=1S/C11H24N2O/c1-8-13(11(5,6)7)9(14)12-10(2,3)4/h8H2,1-7H3,(H,12,14). The molecule has 0 rings (SSSR count). The molecule has 3 nitrogen and oxygen atoms in total. The van der Waals surface area contributed by atoms with Crippen molar-refractivity contribution in [2.75, 3.05) is 6.54 Å². The van der Waals surface area contributed by atoms with Crippen LogP contribution in [-0.2, 0) is 0 Å². The number of nitrogens with zero attached hydrogens (tertiary/aromatic N) is 1. The van der Waals surface area contributed by atoms with Crippen molar-refractivity contribution in [3.8, 4) is 0 Å². The van der Waals surface area contributed by atoms with E-state index in [2.05, 4.69) is 5.32 Å². The first-order valence-corrected chi connectivity index (χ1v) is 5.17. The van der Waals surface area contributed by atoms with E-state index in [0.29, 0.717) is 0 Å². The maximum atomic E-state index is 11.9. The van der Waals surface area contributed by atoms with Crippen LogP contribution in [0.15, 0.2) is 0 Å². The van der Waals surface area contributed by atoms with Gasteiger partial charge in [-0.25, -0.2) is 4.79 Å². The Kier molecular flexibility index (Phi) is 3.98. The number of hydrogen-bond acceptors (Lipinski definition) is 1. The molecule has 0 aromatic carbocycles. The van der Waals surface area contributed by atoms with Gasteiger partial charge >= 0.3 is 6.03 Å². The lowest BCUT2D eigenvalue weighted by Gasteiger charge is -2.37. The molecule has 84 valence electrons. The van der Waals surface area contributed by atoms with E-state index in [4.69, 9.17) is 0 Å². The molecule has 3 heteroatoms. The minimum absolute atomic E-state index is 0.00694. The van der Waals surface area contributed by atoms with Crippen LogP contribution < -0.4 is 5.32 Å². The van der Waals surface area contributed by atoms with Crippen LogP contribution in [0.3, 0.4) is 0 Å². The zero-order valence-electron chi connectivity index (χ0n) is 10.6. The van der Waals surface area contributed by atoms with E-state index in [1.165, 1.54) is 0 Å². The second kappa shape index (κ2) is 4.20. The third kappa shape index (κ3) is 4.49. The van der Waals surface area contributed by atoms with Crippen molar-refractivity contribution in [1.29, 1.82) is 0 Å². The van der Waals surface area contributed by atoms with Crippen LogP contribution >= 0.6 is 0 Å². The maximum Gasteiger partial charge on any atom is 0.318 e. The van der Waals surface area contributed by atoms with Gasteiger partial charge in [0, 0.05) is 17.6 Å². The lowest BCUT2D eigenvalue weighted by Crippen LogP contribution is -2.54. The van der Waals surface area contributed by atoms with Crippen LogP contribution in [0.2, 0.25) is 0 Å². The molecule has 0 aromatic heterocycles. The molecule has 14 heavy (non-hydrogen) atoms. The van der Waals surface area contributed by atoms with Crippen LogP contribution in [0.25, 0.3) is 0 Å². The topological polar surface area (TPSA) is 32.3 Å². The number of carbonyl (C=O) groups excluding carboxylic acids is 1. The van der Waals surface area contributed by atoms with Gasteiger partial charge in [-0.2, -0.15) is 0 Å². The molecule has 0 saturated carbocycles. The Bertz CT molecular complexity index is 198. The van der Waals surface area contributed by atoms with Crippen molar-refractivity contribution in [2.24, 2.45) is 0 Å². The monoisotopic (exact) mass is 200 g/mol. The molecule has 0 aromatic rings. The first kappa shape index (κ1) is 13.3. The molecule has 2 amide bonds. The third-order valence-corrected chi connectivity index (χ3v) is 1.85. The smallest absolute Gasteiger partial charge is 0.318 e. The van der Waals surface area contributed by atoms with Crippen LogP contribution in [0, 0.1) is 0 Å². The summed E-state index contributed by atoms with van der Waals surface area (Å²) in [5.41, 5.74) is -0.292. The Morgan fingerprint density at radius 1 is 1.14 bits per heavy atom. The fraction of sp³-hybridized carbons (Fsp3) is 0.909. The van der Waals surface area contributed by atoms with Crippen molar-refractivity contribution in [3.63, 3.8) is 0 Å². The Labute approximate surface area is 87.9 Å². The molecule has 0 aliphatic rings. The zero-order chi connectivity index (χ0) is 11.6. The van der Waals surface area contributed by atoms with Crippen molar-refractivity contribution >= 4 is 6.03 Å². The summed E-state index contributed by atoms with van der Waals surface area (Å²) in [5, 5.41) is 2.96. The van der Waals surface area contributed by atoms with E-state index in [1.54, 1.807) is 0 Å². The van der Waals surface area contributed by atoms with Gasteiger partial charge in [-0.1, -0.05) is 0 Å². The van der Waals surface area contributed by atoms with Gasteiger partial charge in [0.05, 0.1) is 0 Å². The molecule has 0 atom stereocenters. The second-order valence-electron chi connectivity index (χ2n) is 5.60. The lowest BCUT2D eigenvalue weighted by atomic mass is 10.1. The molecule has 0 saturated heterocycles. The molecule has 0 fully saturated rings. The fourth-order valence-corrected chi connectivity index (χ4v) is 1.31. The largest absolute Gasteiger partial charge is 0.333 e. The quantitative estimate of drug-likeness (QED) is 0.693.